The molecule has 3 heterocycles. The molecule has 5 aromatic rings. The van der Waals surface area contributed by atoms with E-state index in [1.165, 1.54) is 29.2 Å². The Balaban J connectivity index is 1.12. The Hall–Kier alpha value is -6.04. The molecule has 292 valence electrons. The number of fused-ring (bicyclic) bond motifs is 5. The van der Waals surface area contributed by atoms with Crippen LogP contribution in [-0.2, 0) is 29.3 Å². The Morgan fingerprint density at radius 3 is 2.22 bits per heavy atom. The van der Waals surface area contributed by atoms with Crippen LogP contribution < -0.4 is 15.2 Å². The van der Waals surface area contributed by atoms with Crippen molar-refractivity contribution < 1.29 is 33.4 Å². The molecule has 0 aromatic heterocycles. The number of allylic oxidation sites excluding steroid dienone is 2. The van der Waals surface area contributed by atoms with Crippen molar-refractivity contribution in [2.75, 3.05) is 41.5 Å². The van der Waals surface area contributed by atoms with E-state index in [9.17, 15) is 23.9 Å². The topological polar surface area (TPSA) is 119 Å². The van der Waals surface area contributed by atoms with E-state index in [2.05, 4.69) is 10.3 Å². The number of ether oxygens (including phenoxy) is 1. The number of morpholine rings is 1. The predicted molar refractivity (Wildman–Crippen MR) is 217 cm³/mol. The molecule has 5 aromatic carbocycles. The highest BCUT2D eigenvalue weighted by Gasteiger charge is 2.70. The van der Waals surface area contributed by atoms with Crippen LogP contribution >= 0.6 is 11.6 Å². The van der Waals surface area contributed by atoms with Crippen molar-refractivity contribution >= 4 is 63.1 Å². The van der Waals surface area contributed by atoms with Gasteiger partial charge in [0.25, 0.3) is 11.8 Å². The molecule has 10 nitrogen and oxygen atoms in total. The average Bonchev–Trinajstić information content (AvgIpc) is 3.63. The molecule has 2 N–H and O–H groups in total. The molecule has 12 heteroatoms. The maximum atomic E-state index is 15.5. The van der Waals surface area contributed by atoms with Crippen LogP contribution in [0.25, 0.3) is 10.8 Å². The lowest BCUT2D eigenvalue weighted by Gasteiger charge is -2.50. The number of hydrogen-bond donors (Lipinski definition) is 2. The Kier molecular flexibility index (Phi) is 8.65. The van der Waals surface area contributed by atoms with E-state index in [4.69, 9.17) is 16.3 Å². The van der Waals surface area contributed by atoms with E-state index < -0.39 is 52.6 Å². The zero-order valence-corrected chi connectivity index (χ0v) is 31.9. The van der Waals surface area contributed by atoms with Crippen LogP contribution in [0.1, 0.15) is 29.9 Å². The first-order chi connectivity index (χ1) is 28.2. The second kappa shape index (κ2) is 13.8. The van der Waals surface area contributed by atoms with Crippen LogP contribution in [0.2, 0.25) is 5.02 Å². The minimum atomic E-state index is -1.62. The standard InChI is InChI=1S/C46H38ClFN4O6/c47-28-8-6-27(7-9-28)46-38(43(55)52(45(46)57)49-30-12-10-29(48)11-13-30)25-37-34(40(46)36-18-5-26-3-1-2-4-33(26)41(36)53)19-20-35-39(37)44(56)51(42(35)54)32-16-14-31(15-17-32)50-21-23-58-24-22-50/h1-19,35,37-40,49,53H,20-25H2/t35-,37+,38-,39-,40+,46+/m0/s1. The van der Waals surface area contributed by atoms with E-state index in [0.29, 0.717) is 51.7 Å². The average molecular weight is 797 g/mol. The third-order valence-corrected chi connectivity index (χ3v) is 13.2. The van der Waals surface area contributed by atoms with Gasteiger partial charge in [-0.05, 0) is 90.4 Å². The highest BCUT2D eigenvalue weighted by atomic mass is 35.5. The number of imide groups is 2. The van der Waals surface area contributed by atoms with Crippen molar-refractivity contribution in [1.29, 1.82) is 0 Å². The van der Waals surface area contributed by atoms with Crippen molar-refractivity contribution in [2.24, 2.45) is 23.7 Å². The van der Waals surface area contributed by atoms with Crippen molar-refractivity contribution in [3.63, 3.8) is 0 Å². The number of carbonyl (C=O) groups excluding carboxylic acids is 4. The van der Waals surface area contributed by atoms with Crippen LogP contribution in [-0.4, -0.2) is 60.0 Å². The number of aromatic hydroxyl groups is 1. The van der Waals surface area contributed by atoms with Crippen molar-refractivity contribution in [3.8, 4) is 5.75 Å². The van der Waals surface area contributed by atoms with Crippen molar-refractivity contribution in [3.05, 3.63) is 143 Å². The molecule has 0 radical (unpaired) electrons. The zero-order chi connectivity index (χ0) is 39.9. The molecule has 6 atom stereocenters. The number of nitrogens with one attached hydrogen (secondary N) is 1. The summed E-state index contributed by atoms with van der Waals surface area (Å²) in [5.74, 6) is -6.41. The summed E-state index contributed by atoms with van der Waals surface area (Å²) in [7, 11) is 0. The summed E-state index contributed by atoms with van der Waals surface area (Å²) in [6, 6.07) is 30.7. The van der Waals surface area contributed by atoms with Crippen LogP contribution in [0.5, 0.6) is 5.75 Å². The number of carbonyl (C=O) groups is 4. The molecular weight excluding hydrogens is 759 g/mol. The SMILES string of the molecule is O=C1[C@@H]2C[C@@H]3C(=CC[C@@H]4C(=O)N(c5ccc(N6CCOCC6)cc5)C(=O)[C@@H]43)[C@H](c3ccc4ccccc4c3O)[C@]2(c2ccc(Cl)cc2)C(=O)N1Nc1ccc(F)cc1. The second-order valence-electron chi connectivity index (χ2n) is 15.7. The first-order valence-electron chi connectivity index (χ1n) is 19.5. The van der Waals surface area contributed by atoms with E-state index >= 15 is 4.79 Å². The van der Waals surface area contributed by atoms with E-state index in [0.717, 1.165) is 29.2 Å². The van der Waals surface area contributed by atoms with Gasteiger partial charge >= 0.3 is 0 Å². The molecule has 10 rings (SSSR count). The van der Waals surface area contributed by atoms with Gasteiger partial charge in [-0.1, -0.05) is 71.8 Å². The lowest BCUT2D eigenvalue weighted by molar-refractivity contribution is -0.138. The van der Waals surface area contributed by atoms with Crippen molar-refractivity contribution in [2.45, 2.75) is 24.2 Å². The van der Waals surface area contributed by atoms with Crippen LogP contribution in [0.15, 0.2) is 121 Å². The van der Waals surface area contributed by atoms with Gasteiger partial charge in [-0.25, -0.2) is 4.39 Å². The van der Waals surface area contributed by atoms with Gasteiger partial charge in [-0.3, -0.25) is 29.5 Å². The zero-order valence-electron chi connectivity index (χ0n) is 31.2. The Morgan fingerprint density at radius 2 is 1.48 bits per heavy atom. The fourth-order valence-corrected chi connectivity index (χ4v) is 10.5. The van der Waals surface area contributed by atoms with Gasteiger partial charge in [0.1, 0.15) is 11.6 Å². The van der Waals surface area contributed by atoms with E-state index in [1.807, 2.05) is 42.5 Å². The molecule has 58 heavy (non-hydrogen) atoms. The summed E-state index contributed by atoms with van der Waals surface area (Å²) in [6.45, 7) is 2.73. The van der Waals surface area contributed by atoms with Crippen LogP contribution in [0.4, 0.5) is 21.5 Å². The Bertz CT molecular complexity index is 2540. The number of nitrogens with zero attached hydrogens (tertiary/aromatic N) is 3. The first-order valence-corrected chi connectivity index (χ1v) is 19.9. The smallest absolute Gasteiger partial charge is 0.260 e. The van der Waals surface area contributed by atoms with Gasteiger partial charge in [0.05, 0.1) is 47.8 Å². The maximum absolute atomic E-state index is 15.5. The predicted octanol–water partition coefficient (Wildman–Crippen LogP) is 7.36. The monoisotopic (exact) mass is 796 g/mol. The van der Waals surface area contributed by atoms with Crippen LogP contribution in [0, 0.1) is 29.5 Å². The Morgan fingerprint density at radius 1 is 0.776 bits per heavy atom. The number of phenolic OH excluding ortho intramolecular Hbond substituents is 1. The molecule has 4 fully saturated rings. The lowest BCUT2D eigenvalue weighted by atomic mass is 9.49. The van der Waals surface area contributed by atoms with E-state index in [1.54, 1.807) is 48.5 Å². The summed E-state index contributed by atoms with van der Waals surface area (Å²) in [4.78, 5) is 63.1. The minimum absolute atomic E-state index is 0.0418. The Labute approximate surface area is 338 Å². The van der Waals surface area contributed by atoms with Gasteiger partial charge in [-0.2, -0.15) is 5.01 Å². The third-order valence-electron chi connectivity index (χ3n) is 13.0. The number of hydrazine groups is 1. The lowest BCUT2D eigenvalue weighted by Crippen LogP contribution is -2.53. The number of rotatable bonds is 6. The van der Waals surface area contributed by atoms with Crippen LogP contribution in [0.3, 0.4) is 0 Å². The maximum Gasteiger partial charge on any atom is 0.260 e. The normalized spacial score (nSPS) is 26.8. The molecule has 0 bridgehead atoms. The summed E-state index contributed by atoms with van der Waals surface area (Å²) in [6.07, 6.45) is 2.27. The number of halogens is 2. The molecule has 0 spiro atoms. The highest BCUT2D eigenvalue weighted by molar-refractivity contribution is 6.30. The van der Waals surface area contributed by atoms with E-state index in [-0.39, 0.29) is 30.4 Å². The quantitative estimate of drug-likeness (QED) is 0.135. The highest BCUT2D eigenvalue weighted by Crippen LogP contribution is 2.65. The summed E-state index contributed by atoms with van der Waals surface area (Å²) in [5.41, 5.74) is 4.76. The number of hydrogen-bond acceptors (Lipinski definition) is 8. The second-order valence-corrected chi connectivity index (χ2v) is 16.2. The summed E-state index contributed by atoms with van der Waals surface area (Å²) >= 11 is 6.42. The fraction of sp³-hybridized carbons (Fsp3) is 0.261. The molecule has 0 unspecified atom stereocenters. The summed E-state index contributed by atoms with van der Waals surface area (Å²) < 4.78 is 19.5. The molecule has 5 aliphatic rings. The minimum Gasteiger partial charge on any atom is -0.507 e. The van der Waals surface area contributed by atoms with Crippen molar-refractivity contribution in [1.82, 2.24) is 5.01 Å². The molecule has 3 aliphatic heterocycles. The first kappa shape index (κ1) is 36.3. The number of amides is 4. The largest absolute Gasteiger partial charge is 0.507 e. The van der Waals surface area contributed by atoms with Gasteiger partial charge < -0.3 is 14.7 Å². The molecule has 2 aliphatic carbocycles. The summed E-state index contributed by atoms with van der Waals surface area (Å²) in [5, 5.41) is 15.0. The van der Waals surface area contributed by atoms with Gasteiger partial charge in [0.15, 0.2) is 0 Å². The van der Waals surface area contributed by atoms with Gasteiger partial charge in [0.2, 0.25) is 11.8 Å². The third kappa shape index (κ3) is 5.40. The molecule has 3 saturated heterocycles. The van der Waals surface area contributed by atoms with Gasteiger partial charge in [0, 0.05) is 40.7 Å². The van der Waals surface area contributed by atoms with Gasteiger partial charge in [-0.15, -0.1) is 0 Å². The fourth-order valence-electron chi connectivity index (χ4n) is 10.4. The number of phenols is 1. The number of benzene rings is 5. The molecule has 1 saturated carbocycles. The molecule has 4 amide bonds. The number of anilines is 3. The molecular formula is C46H38ClFN4O6.